The fourth-order valence-corrected chi connectivity index (χ4v) is 2.69. The second-order valence-electron chi connectivity index (χ2n) is 5.73. The highest BCUT2D eigenvalue weighted by molar-refractivity contribution is 6.30. The third-order valence-electron chi connectivity index (χ3n) is 3.91. The van der Waals surface area contributed by atoms with Crippen molar-refractivity contribution in [3.05, 3.63) is 59.3 Å². The molecule has 0 saturated heterocycles. The summed E-state index contributed by atoms with van der Waals surface area (Å²) in [6.45, 7) is 1.39. The van der Waals surface area contributed by atoms with Gasteiger partial charge in [-0.05, 0) is 49.2 Å². The van der Waals surface area contributed by atoms with Crippen molar-refractivity contribution in [3.8, 4) is 11.4 Å². The Morgan fingerprint density at radius 2 is 1.96 bits per heavy atom. The van der Waals surface area contributed by atoms with E-state index in [1.165, 1.54) is 12.8 Å². The fraction of sp³-hybridized carbons (Fsp3) is 0.294. The van der Waals surface area contributed by atoms with Gasteiger partial charge < -0.3 is 8.94 Å². The number of benzene rings is 1. The highest BCUT2D eigenvalue weighted by Gasteiger charge is 2.30. The molecule has 5 nitrogen and oxygen atoms in total. The van der Waals surface area contributed by atoms with E-state index in [0.29, 0.717) is 29.3 Å². The molecule has 0 radical (unpaired) electrons. The van der Waals surface area contributed by atoms with Gasteiger partial charge in [0.25, 0.3) is 0 Å². The van der Waals surface area contributed by atoms with Gasteiger partial charge in [0.1, 0.15) is 5.76 Å². The Morgan fingerprint density at radius 1 is 1.13 bits per heavy atom. The number of furan rings is 1. The predicted octanol–water partition coefficient (Wildman–Crippen LogP) is 4.15. The van der Waals surface area contributed by atoms with Gasteiger partial charge in [-0.2, -0.15) is 4.98 Å². The molecule has 4 rings (SSSR count). The van der Waals surface area contributed by atoms with Gasteiger partial charge in [0, 0.05) is 16.6 Å². The number of halogens is 1. The van der Waals surface area contributed by atoms with Crippen LogP contribution in [0.3, 0.4) is 0 Å². The average Bonchev–Trinajstić information content (AvgIpc) is 3.08. The third kappa shape index (κ3) is 3.46. The van der Waals surface area contributed by atoms with Crippen LogP contribution >= 0.6 is 11.6 Å². The van der Waals surface area contributed by atoms with Crippen LogP contribution in [0.25, 0.3) is 11.4 Å². The van der Waals surface area contributed by atoms with E-state index in [0.717, 1.165) is 17.9 Å². The maximum absolute atomic E-state index is 5.90. The zero-order valence-corrected chi connectivity index (χ0v) is 13.2. The molecule has 0 unspecified atom stereocenters. The van der Waals surface area contributed by atoms with Crippen LogP contribution < -0.4 is 0 Å². The summed E-state index contributed by atoms with van der Waals surface area (Å²) in [5, 5.41) is 4.76. The SMILES string of the molecule is Clc1ccc(-c2noc(CN(Cc3ccco3)C3CC3)n2)cc1. The number of aromatic nitrogens is 2. The van der Waals surface area contributed by atoms with E-state index in [-0.39, 0.29) is 0 Å². The summed E-state index contributed by atoms with van der Waals surface area (Å²) < 4.78 is 10.9. The van der Waals surface area contributed by atoms with Crippen LogP contribution in [0.15, 0.2) is 51.6 Å². The molecule has 2 heterocycles. The minimum Gasteiger partial charge on any atom is -0.468 e. The smallest absolute Gasteiger partial charge is 0.241 e. The number of rotatable bonds is 6. The number of hydrogen-bond donors (Lipinski definition) is 0. The van der Waals surface area contributed by atoms with E-state index in [1.807, 2.05) is 36.4 Å². The van der Waals surface area contributed by atoms with E-state index >= 15 is 0 Å². The summed E-state index contributed by atoms with van der Waals surface area (Å²) in [6.07, 6.45) is 4.11. The van der Waals surface area contributed by atoms with Crippen molar-refractivity contribution in [2.45, 2.75) is 32.0 Å². The van der Waals surface area contributed by atoms with Crippen molar-refractivity contribution in [2.24, 2.45) is 0 Å². The highest BCUT2D eigenvalue weighted by Crippen LogP contribution is 2.30. The topological polar surface area (TPSA) is 55.3 Å². The molecule has 0 atom stereocenters. The lowest BCUT2D eigenvalue weighted by Crippen LogP contribution is -2.25. The molecule has 1 fully saturated rings. The molecule has 1 aromatic carbocycles. The van der Waals surface area contributed by atoms with E-state index in [1.54, 1.807) is 6.26 Å². The van der Waals surface area contributed by atoms with Crippen LogP contribution in [0.2, 0.25) is 5.02 Å². The molecule has 118 valence electrons. The Balaban J connectivity index is 1.48. The monoisotopic (exact) mass is 329 g/mol. The maximum atomic E-state index is 5.90. The largest absolute Gasteiger partial charge is 0.468 e. The third-order valence-corrected chi connectivity index (χ3v) is 4.16. The zero-order chi connectivity index (χ0) is 15.6. The minimum absolute atomic E-state index is 0.575. The van der Waals surface area contributed by atoms with E-state index in [9.17, 15) is 0 Å². The van der Waals surface area contributed by atoms with Crippen molar-refractivity contribution >= 4 is 11.6 Å². The fourth-order valence-electron chi connectivity index (χ4n) is 2.57. The molecule has 6 heteroatoms. The van der Waals surface area contributed by atoms with Crippen LogP contribution in [0.5, 0.6) is 0 Å². The molecule has 1 aliphatic rings. The summed E-state index contributed by atoms with van der Waals surface area (Å²) >= 11 is 5.90. The Bertz CT molecular complexity index is 764. The summed E-state index contributed by atoms with van der Waals surface area (Å²) in [5.74, 6) is 2.16. The Kier molecular flexibility index (Phi) is 3.89. The van der Waals surface area contributed by atoms with Crippen LogP contribution in [-0.2, 0) is 13.1 Å². The first-order valence-corrected chi connectivity index (χ1v) is 8.01. The molecule has 3 aromatic rings. The molecule has 2 aromatic heterocycles. The molecule has 1 saturated carbocycles. The van der Waals surface area contributed by atoms with Crippen molar-refractivity contribution in [1.82, 2.24) is 15.0 Å². The molecule has 0 N–H and O–H groups in total. The van der Waals surface area contributed by atoms with Crippen molar-refractivity contribution in [3.63, 3.8) is 0 Å². The van der Waals surface area contributed by atoms with Gasteiger partial charge in [-0.1, -0.05) is 16.8 Å². The second-order valence-corrected chi connectivity index (χ2v) is 6.17. The lowest BCUT2D eigenvalue weighted by Gasteiger charge is -2.18. The first kappa shape index (κ1) is 14.5. The quantitative estimate of drug-likeness (QED) is 0.680. The van der Waals surface area contributed by atoms with Gasteiger partial charge in [-0.25, -0.2) is 0 Å². The Hall–Kier alpha value is -2.11. The van der Waals surface area contributed by atoms with Gasteiger partial charge in [0.2, 0.25) is 11.7 Å². The standard InChI is InChI=1S/C17H16ClN3O2/c18-13-5-3-12(4-6-13)17-19-16(23-20-17)11-21(14-7-8-14)10-15-2-1-9-22-15/h1-6,9,14H,7-8,10-11H2. The molecule has 0 aliphatic heterocycles. The second kappa shape index (κ2) is 6.18. The van der Waals surface area contributed by atoms with E-state index < -0.39 is 0 Å². The molecule has 1 aliphatic carbocycles. The summed E-state index contributed by atoms with van der Waals surface area (Å²) in [4.78, 5) is 6.81. The molecule has 0 amide bonds. The van der Waals surface area contributed by atoms with Crippen molar-refractivity contribution < 1.29 is 8.94 Å². The minimum atomic E-state index is 0.575. The van der Waals surface area contributed by atoms with Gasteiger partial charge in [-0.15, -0.1) is 0 Å². The molecule has 0 spiro atoms. The Morgan fingerprint density at radius 3 is 2.65 bits per heavy atom. The summed E-state index contributed by atoms with van der Waals surface area (Å²) in [5.41, 5.74) is 0.897. The van der Waals surface area contributed by atoms with Crippen LogP contribution in [0.4, 0.5) is 0 Å². The average molecular weight is 330 g/mol. The number of nitrogens with zero attached hydrogens (tertiary/aromatic N) is 3. The number of hydrogen-bond acceptors (Lipinski definition) is 5. The van der Waals surface area contributed by atoms with Crippen LogP contribution in [-0.4, -0.2) is 21.1 Å². The first-order chi connectivity index (χ1) is 11.3. The van der Waals surface area contributed by atoms with Gasteiger partial charge >= 0.3 is 0 Å². The molecular formula is C17H16ClN3O2. The molecule has 0 bridgehead atoms. The Labute approximate surface area is 138 Å². The normalized spacial score (nSPS) is 14.5. The van der Waals surface area contributed by atoms with Crippen LogP contribution in [0.1, 0.15) is 24.5 Å². The van der Waals surface area contributed by atoms with Gasteiger partial charge in [0.15, 0.2) is 0 Å². The van der Waals surface area contributed by atoms with Crippen LogP contribution in [0, 0.1) is 0 Å². The lowest BCUT2D eigenvalue weighted by molar-refractivity contribution is 0.195. The van der Waals surface area contributed by atoms with Crippen molar-refractivity contribution in [1.29, 1.82) is 0 Å². The van der Waals surface area contributed by atoms with E-state index in [2.05, 4.69) is 15.0 Å². The van der Waals surface area contributed by atoms with E-state index in [4.69, 9.17) is 20.5 Å². The highest BCUT2D eigenvalue weighted by atomic mass is 35.5. The molecule has 23 heavy (non-hydrogen) atoms. The summed E-state index contributed by atoms with van der Waals surface area (Å²) in [7, 11) is 0. The summed E-state index contributed by atoms with van der Waals surface area (Å²) in [6, 6.07) is 11.9. The van der Waals surface area contributed by atoms with Gasteiger partial charge in [0.05, 0.1) is 19.4 Å². The molecular weight excluding hydrogens is 314 g/mol. The lowest BCUT2D eigenvalue weighted by atomic mass is 10.2. The first-order valence-electron chi connectivity index (χ1n) is 7.63. The van der Waals surface area contributed by atoms with Gasteiger partial charge in [-0.3, -0.25) is 4.90 Å². The maximum Gasteiger partial charge on any atom is 0.241 e. The zero-order valence-electron chi connectivity index (χ0n) is 12.5. The predicted molar refractivity (Wildman–Crippen MR) is 85.7 cm³/mol. The van der Waals surface area contributed by atoms with Crippen molar-refractivity contribution in [2.75, 3.05) is 0 Å².